The standard InChI is InChI=1S/C32H31FN6O3S/c1-21-9-14-25-26(6-2-8-29(25)39-43(40,41)20-22-10-12-23(33)13-11-22)30(21)42-31-27(7-4-17-35-31)28-15-18-36-32(38-28)37-24-5-3-16-34-19-24/h2,4,6-15,17-18,24,34,39H,3,5,16,19-20H2,1H3,(H,36,37,38)/t24-/m0/s1. The van der Waals surface area contributed by atoms with E-state index < -0.39 is 15.8 Å². The van der Waals surface area contributed by atoms with Gasteiger partial charge in [0.15, 0.2) is 0 Å². The molecule has 6 rings (SSSR count). The maximum Gasteiger partial charge on any atom is 0.236 e. The zero-order chi connectivity index (χ0) is 29.8. The summed E-state index contributed by atoms with van der Waals surface area (Å²) in [6, 6.07) is 20.3. The lowest BCUT2D eigenvalue weighted by Gasteiger charge is -2.23. The van der Waals surface area contributed by atoms with E-state index in [1.807, 2.05) is 43.3 Å². The van der Waals surface area contributed by atoms with Crippen LogP contribution in [0.15, 0.2) is 85.2 Å². The number of halogens is 1. The van der Waals surface area contributed by atoms with Gasteiger partial charge in [-0.25, -0.2) is 27.8 Å². The van der Waals surface area contributed by atoms with Gasteiger partial charge in [-0.15, -0.1) is 0 Å². The highest BCUT2D eigenvalue weighted by molar-refractivity contribution is 7.91. The van der Waals surface area contributed by atoms with Gasteiger partial charge >= 0.3 is 0 Å². The summed E-state index contributed by atoms with van der Waals surface area (Å²) < 4.78 is 48.5. The van der Waals surface area contributed by atoms with Crippen LogP contribution < -0.4 is 20.1 Å². The summed E-state index contributed by atoms with van der Waals surface area (Å²) in [6.45, 7) is 3.81. The number of hydrogen-bond acceptors (Lipinski definition) is 8. The number of aromatic nitrogens is 3. The highest BCUT2D eigenvalue weighted by atomic mass is 32.2. The molecule has 1 aliphatic heterocycles. The van der Waals surface area contributed by atoms with Crippen molar-refractivity contribution in [2.24, 2.45) is 0 Å². The normalized spacial score (nSPS) is 15.3. The van der Waals surface area contributed by atoms with Crippen LogP contribution in [0.5, 0.6) is 11.6 Å². The minimum Gasteiger partial charge on any atom is -0.437 e. The van der Waals surface area contributed by atoms with Crippen LogP contribution in [0.4, 0.5) is 16.0 Å². The van der Waals surface area contributed by atoms with E-state index in [1.165, 1.54) is 24.3 Å². The van der Waals surface area contributed by atoms with Crippen molar-refractivity contribution in [3.63, 3.8) is 0 Å². The van der Waals surface area contributed by atoms with Gasteiger partial charge in [-0.3, -0.25) is 4.72 Å². The van der Waals surface area contributed by atoms with Crippen molar-refractivity contribution in [3.05, 3.63) is 102 Å². The van der Waals surface area contributed by atoms with E-state index in [1.54, 1.807) is 24.5 Å². The number of hydrogen-bond donors (Lipinski definition) is 3. The van der Waals surface area contributed by atoms with E-state index >= 15 is 0 Å². The molecule has 5 aromatic rings. The van der Waals surface area contributed by atoms with Crippen LogP contribution in [0.1, 0.15) is 24.0 Å². The maximum absolute atomic E-state index is 13.3. The summed E-state index contributed by atoms with van der Waals surface area (Å²) in [5.74, 6) is 0.751. The molecular weight excluding hydrogens is 567 g/mol. The SMILES string of the molecule is Cc1ccc2c(NS(=O)(=O)Cc3ccc(F)cc3)cccc2c1Oc1ncccc1-c1ccnc(N[C@H]2CCCNC2)n1. The molecule has 0 amide bonds. The molecular formula is C32H31FN6O3S. The second-order valence-electron chi connectivity index (χ2n) is 10.5. The summed E-state index contributed by atoms with van der Waals surface area (Å²) in [5.41, 5.74) is 3.11. The molecule has 1 aliphatic rings. The Labute approximate surface area is 249 Å². The summed E-state index contributed by atoms with van der Waals surface area (Å²) in [6.07, 6.45) is 5.51. The van der Waals surface area contributed by atoms with E-state index in [0.29, 0.717) is 50.9 Å². The van der Waals surface area contributed by atoms with Gasteiger partial charge < -0.3 is 15.4 Å². The number of aryl methyl sites for hydroxylation is 1. The first-order valence-electron chi connectivity index (χ1n) is 14.1. The predicted molar refractivity (Wildman–Crippen MR) is 166 cm³/mol. The molecule has 1 saturated heterocycles. The lowest BCUT2D eigenvalue weighted by Crippen LogP contribution is -2.38. The van der Waals surface area contributed by atoms with Gasteiger partial charge in [0.05, 0.1) is 22.7 Å². The van der Waals surface area contributed by atoms with Crippen molar-refractivity contribution in [2.45, 2.75) is 31.6 Å². The van der Waals surface area contributed by atoms with Crippen molar-refractivity contribution in [2.75, 3.05) is 23.1 Å². The highest BCUT2D eigenvalue weighted by Crippen LogP contribution is 2.39. The van der Waals surface area contributed by atoms with Crippen LogP contribution in [0.25, 0.3) is 22.0 Å². The molecule has 0 bridgehead atoms. The molecule has 43 heavy (non-hydrogen) atoms. The Hall–Kier alpha value is -4.61. The molecule has 0 saturated carbocycles. The van der Waals surface area contributed by atoms with Crippen LogP contribution in [-0.4, -0.2) is 42.5 Å². The zero-order valence-electron chi connectivity index (χ0n) is 23.5. The van der Waals surface area contributed by atoms with Gasteiger partial charge in [-0.05, 0) is 73.8 Å². The molecule has 0 radical (unpaired) electrons. The topological polar surface area (TPSA) is 118 Å². The fraction of sp³-hybridized carbons (Fsp3) is 0.219. The first kappa shape index (κ1) is 28.5. The second-order valence-corrected chi connectivity index (χ2v) is 12.2. The van der Waals surface area contributed by atoms with Crippen molar-refractivity contribution < 1.29 is 17.5 Å². The van der Waals surface area contributed by atoms with Crippen molar-refractivity contribution in [1.82, 2.24) is 20.3 Å². The molecule has 3 aromatic carbocycles. The van der Waals surface area contributed by atoms with Gasteiger partial charge in [-0.1, -0.05) is 36.4 Å². The van der Waals surface area contributed by atoms with Crippen LogP contribution in [0.2, 0.25) is 0 Å². The Morgan fingerprint density at radius 1 is 0.977 bits per heavy atom. The lowest BCUT2D eigenvalue weighted by molar-refractivity contribution is 0.466. The van der Waals surface area contributed by atoms with Gasteiger partial charge in [0, 0.05) is 35.8 Å². The zero-order valence-corrected chi connectivity index (χ0v) is 24.4. The molecule has 9 nitrogen and oxygen atoms in total. The average molecular weight is 599 g/mol. The molecule has 220 valence electrons. The van der Waals surface area contributed by atoms with Crippen LogP contribution >= 0.6 is 0 Å². The number of nitrogens with one attached hydrogen (secondary N) is 3. The van der Waals surface area contributed by atoms with Gasteiger partial charge in [0.1, 0.15) is 11.6 Å². The van der Waals surface area contributed by atoms with Gasteiger partial charge in [-0.2, -0.15) is 0 Å². The minimum atomic E-state index is -3.78. The monoisotopic (exact) mass is 598 g/mol. The smallest absolute Gasteiger partial charge is 0.236 e. The van der Waals surface area contributed by atoms with Crippen molar-refractivity contribution >= 4 is 32.4 Å². The average Bonchev–Trinajstić information content (AvgIpc) is 3.00. The lowest BCUT2D eigenvalue weighted by atomic mass is 10.0. The van der Waals surface area contributed by atoms with E-state index in [2.05, 4.69) is 25.3 Å². The number of sulfonamides is 1. The highest BCUT2D eigenvalue weighted by Gasteiger charge is 2.19. The molecule has 3 N–H and O–H groups in total. The molecule has 2 aromatic heterocycles. The fourth-order valence-electron chi connectivity index (χ4n) is 5.17. The van der Waals surface area contributed by atoms with Crippen molar-refractivity contribution in [3.8, 4) is 22.9 Å². The Morgan fingerprint density at radius 2 is 1.84 bits per heavy atom. The number of nitrogens with zero attached hydrogens (tertiary/aromatic N) is 3. The minimum absolute atomic E-state index is 0.259. The first-order valence-corrected chi connectivity index (χ1v) is 15.7. The Morgan fingerprint density at radius 3 is 2.65 bits per heavy atom. The van der Waals surface area contributed by atoms with E-state index in [4.69, 9.17) is 9.72 Å². The molecule has 1 atom stereocenters. The summed E-state index contributed by atoms with van der Waals surface area (Å²) in [4.78, 5) is 13.7. The number of ether oxygens (including phenoxy) is 1. The molecule has 0 unspecified atom stereocenters. The molecule has 1 fully saturated rings. The Balaban J connectivity index is 1.29. The summed E-state index contributed by atoms with van der Waals surface area (Å²) in [7, 11) is -3.78. The Kier molecular flexibility index (Phi) is 8.17. The van der Waals surface area contributed by atoms with Crippen LogP contribution in [0, 0.1) is 12.7 Å². The molecule has 0 spiro atoms. The Bertz CT molecular complexity index is 1860. The summed E-state index contributed by atoms with van der Waals surface area (Å²) in [5, 5.41) is 8.19. The van der Waals surface area contributed by atoms with E-state index in [0.717, 1.165) is 31.5 Å². The number of fused-ring (bicyclic) bond motifs is 1. The van der Waals surface area contributed by atoms with Crippen LogP contribution in [0.3, 0.4) is 0 Å². The third kappa shape index (κ3) is 6.73. The number of benzene rings is 3. The third-order valence-electron chi connectivity index (χ3n) is 7.28. The van der Waals surface area contributed by atoms with E-state index in [9.17, 15) is 12.8 Å². The molecule has 11 heteroatoms. The van der Waals surface area contributed by atoms with E-state index in [-0.39, 0.29) is 11.8 Å². The third-order valence-corrected chi connectivity index (χ3v) is 8.52. The second kappa shape index (κ2) is 12.3. The largest absolute Gasteiger partial charge is 0.437 e. The number of pyridine rings is 1. The quantitative estimate of drug-likeness (QED) is 0.188. The molecule has 0 aliphatic carbocycles. The van der Waals surface area contributed by atoms with Crippen molar-refractivity contribution in [1.29, 1.82) is 0 Å². The molecule has 3 heterocycles. The van der Waals surface area contributed by atoms with Gasteiger partial charge in [0.2, 0.25) is 21.9 Å². The predicted octanol–water partition coefficient (Wildman–Crippen LogP) is 6.04. The number of anilines is 2. The maximum atomic E-state index is 13.3. The van der Waals surface area contributed by atoms with Gasteiger partial charge in [0.25, 0.3) is 0 Å². The number of rotatable bonds is 9. The fourth-order valence-corrected chi connectivity index (χ4v) is 6.38. The number of piperidine rings is 1. The summed E-state index contributed by atoms with van der Waals surface area (Å²) >= 11 is 0. The first-order chi connectivity index (χ1) is 20.8. The van der Waals surface area contributed by atoms with Crippen LogP contribution in [-0.2, 0) is 15.8 Å².